The van der Waals surface area contributed by atoms with Gasteiger partial charge in [-0.25, -0.2) is 4.68 Å². The van der Waals surface area contributed by atoms with Gasteiger partial charge in [-0.3, -0.25) is 9.59 Å². The molecule has 2 aromatic rings. The second kappa shape index (κ2) is 9.82. The van der Waals surface area contributed by atoms with Crippen molar-refractivity contribution in [2.24, 2.45) is 11.8 Å². The molecule has 152 valence electrons. The zero-order valence-corrected chi connectivity index (χ0v) is 16.6. The number of carbonyl (C=O) groups excluding carboxylic acids is 1. The van der Waals surface area contributed by atoms with Gasteiger partial charge in [0.1, 0.15) is 17.6 Å². The number of amides is 1. The Balaban J connectivity index is 2.18. The first-order valence-electron chi connectivity index (χ1n) is 9.19. The number of carbonyl (C=O) groups is 2. The fourth-order valence-corrected chi connectivity index (χ4v) is 3.02. The van der Waals surface area contributed by atoms with Crippen LogP contribution in [0.2, 0.25) is 0 Å². The van der Waals surface area contributed by atoms with E-state index in [0.717, 1.165) is 5.56 Å². The van der Waals surface area contributed by atoms with Gasteiger partial charge in [0, 0.05) is 13.0 Å². The molecule has 1 aromatic heterocycles. The van der Waals surface area contributed by atoms with Crippen molar-refractivity contribution < 1.29 is 19.4 Å². The van der Waals surface area contributed by atoms with Crippen molar-refractivity contribution in [1.29, 1.82) is 0 Å². The lowest BCUT2D eigenvalue weighted by atomic mass is 9.97. The summed E-state index contributed by atoms with van der Waals surface area (Å²) in [7, 11) is 1.58. The third-order valence-corrected chi connectivity index (χ3v) is 4.45. The highest BCUT2D eigenvalue weighted by Gasteiger charge is 2.26. The Kier molecular flexibility index (Phi) is 7.48. The molecule has 1 amide bonds. The minimum atomic E-state index is -0.919. The highest BCUT2D eigenvalue weighted by molar-refractivity contribution is 5.81. The summed E-state index contributed by atoms with van der Waals surface area (Å²) in [5, 5.41) is 23.6. The molecule has 1 heterocycles. The maximum Gasteiger partial charge on any atom is 0.308 e. The van der Waals surface area contributed by atoms with Crippen molar-refractivity contribution in [1.82, 2.24) is 25.5 Å². The molecular formula is C19H27N5O4. The first-order valence-corrected chi connectivity index (χ1v) is 9.19. The lowest BCUT2D eigenvalue weighted by molar-refractivity contribution is -0.142. The Labute approximate surface area is 164 Å². The molecule has 0 aliphatic rings. The zero-order valence-electron chi connectivity index (χ0n) is 16.6. The molecule has 0 saturated carbocycles. The van der Waals surface area contributed by atoms with Crippen LogP contribution in [0.1, 0.15) is 37.7 Å². The maximum absolute atomic E-state index is 12.9. The summed E-state index contributed by atoms with van der Waals surface area (Å²) in [5.41, 5.74) is 0.881. The van der Waals surface area contributed by atoms with Gasteiger partial charge in [-0.1, -0.05) is 26.0 Å². The van der Waals surface area contributed by atoms with Crippen LogP contribution < -0.4 is 10.1 Å². The van der Waals surface area contributed by atoms with Gasteiger partial charge in [-0.05, 0) is 47.4 Å². The molecule has 2 N–H and O–H groups in total. The number of aryl methyl sites for hydroxylation is 1. The highest BCUT2D eigenvalue weighted by Crippen LogP contribution is 2.20. The van der Waals surface area contributed by atoms with E-state index in [-0.39, 0.29) is 18.4 Å². The Morgan fingerprint density at radius 2 is 2.07 bits per heavy atom. The van der Waals surface area contributed by atoms with Gasteiger partial charge in [0.2, 0.25) is 5.91 Å². The largest absolute Gasteiger partial charge is 0.497 e. The fourth-order valence-electron chi connectivity index (χ4n) is 3.02. The van der Waals surface area contributed by atoms with E-state index in [1.54, 1.807) is 14.0 Å². The minimum absolute atomic E-state index is 0.0577. The van der Waals surface area contributed by atoms with Crippen molar-refractivity contribution in [3.8, 4) is 5.75 Å². The molecule has 0 radical (unpaired) electrons. The average Bonchev–Trinajstić information content (AvgIpc) is 3.08. The minimum Gasteiger partial charge on any atom is -0.497 e. The van der Waals surface area contributed by atoms with E-state index in [9.17, 15) is 14.7 Å². The smallest absolute Gasteiger partial charge is 0.308 e. The summed E-state index contributed by atoms with van der Waals surface area (Å²) in [6, 6.07) is 6.71. The van der Waals surface area contributed by atoms with E-state index in [2.05, 4.69) is 20.8 Å². The van der Waals surface area contributed by atoms with Gasteiger partial charge in [-0.2, -0.15) is 0 Å². The van der Waals surface area contributed by atoms with Crippen LogP contribution in [0.3, 0.4) is 0 Å². The molecule has 9 nitrogen and oxygen atoms in total. The number of benzene rings is 1. The zero-order chi connectivity index (χ0) is 20.7. The molecule has 0 saturated heterocycles. The number of hydrogen-bond donors (Lipinski definition) is 2. The third kappa shape index (κ3) is 5.77. The predicted octanol–water partition coefficient (Wildman–Crippen LogP) is 1.64. The Morgan fingerprint density at radius 3 is 2.64 bits per heavy atom. The normalized spacial score (nSPS) is 13.2. The molecule has 0 spiro atoms. The number of nitrogens with one attached hydrogen (secondary N) is 1. The molecule has 1 aromatic carbocycles. The summed E-state index contributed by atoms with van der Waals surface area (Å²) in [6.45, 7) is 5.67. The molecule has 2 atom stereocenters. The number of carboxylic acid groups (broad SMARTS) is 1. The van der Waals surface area contributed by atoms with Gasteiger partial charge in [0.05, 0.1) is 13.0 Å². The van der Waals surface area contributed by atoms with Crippen molar-refractivity contribution in [3.05, 3.63) is 35.7 Å². The van der Waals surface area contributed by atoms with Gasteiger partial charge in [-0.15, -0.1) is 5.10 Å². The molecular weight excluding hydrogens is 362 g/mol. The first kappa shape index (κ1) is 21.3. The quantitative estimate of drug-likeness (QED) is 0.634. The fraction of sp³-hybridized carbons (Fsp3) is 0.526. The van der Waals surface area contributed by atoms with E-state index in [1.807, 2.05) is 38.1 Å². The topological polar surface area (TPSA) is 119 Å². The number of hydrogen-bond acceptors (Lipinski definition) is 6. The third-order valence-electron chi connectivity index (χ3n) is 4.45. The molecule has 0 bridgehead atoms. The summed E-state index contributed by atoms with van der Waals surface area (Å²) < 4.78 is 6.69. The lowest BCUT2D eigenvalue weighted by Crippen LogP contribution is -2.39. The Hall–Kier alpha value is -2.97. The monoisotopic (exact) mass is 389 g/mol. The summed E-state index contributed by atoms with van der Waals surface area (Å²) in [5.74, 6) is -0.484. The summed E-state index contributed by atoms with van der Waals surface area (Å²) in [4.78, 5) is 24.4. The van der Waals surface area contributed by atoms with E-state index >= 15 is 0 Å². The Bertz CT molecular complexity index is 805. The van der Waals surface area contributed by atoms with E-state index in [0.29, 0.717) is 24.4 Å². The number of aromatic nitrogens is 4. The SMILES string of the molecule is COc1cccc(CC(C(=O)NCC(CC(C)C)C(=O)O)n2nnnc2C)c1. The standard InChI is InChI=1S/C19H27N5O4/c1-12(2)8-15(19(26)27)11-20-18(25)17(24-13(3)21-22-23-24)10-14-6-5-7-16(9-14)28-4/h5-7,9,12,15,17H,8,10-11H2,1-4H3,(H,20,25)(H,26,27). The number of methoxy groups -OCH3 is 1. The summed E-state index contributed by atoms with van der Waals surface area (Å²) in [6.07, 6.45) is 0.830. The second-order valence-corrected chi connectivity index (χ2v) is 7.15. The van der Waals surface area contributed by atoms with Crippen molar-refractivity contribution >= 4 is 11.9 Å². The van der Waals surface area contributed by atoms with E-state index in [4.69, 9.17) is 4.74 Å². The number of rotatable bonds is 10. The van der Waals surface area contributed by atoms with E-state index in [1.165, 1.54) is 4.68 Å². The predicted molar refractivity (Wildman–Crippen MR) is 102 cm³/mol. The Morgan fingerprint density at radius 1 is 1.32 bits per heavy atom. The molecule has 2 unspecified atom stereocenters. The van der Waals surface area contributed by atoms with Crippen LogP contribution in [0.4, 0.5) is 0 Å². The number of nitrogens with zero attached hydrogens (tertiary/aromatic N) is 4. The second-order valence-electron chi connectivity index (χ2n) is 7.15. The highest BCUT2D eigenvalue weighted by atomic mass is 16.5. The molecule has 9 heteroatoms. The van der Waals surface area contributed by atoms with E-state index < -0.39 is 17.9 Å². The van der Waals surface area contributed by atoms with Crippen LogP contribution in [0.25, 0.3) is 0 Å². The maximum atomic E-state index is 12.9. The number of carboxylic acids is 1. The van der Waals surface area contributed by atoms with Gasteiger partial charge in [0.25, 0.3) is 0 Å². The van der Waals surface area contributed by atoms with Crippen LogP contribution in [0, 0.1) is 18.8 Å². The van der Waals surface area contributed by atoms with Gasteiger partial charge < -0.3 is 15.2 Å². The number of ether oxygens (including phenoxy) is 1. The first-order chi connectivity index (χ1) is 13.3. The van der Waals surface area contributed by atoms with Gasteiger partial charge in [0.15, 0.2) is 0 Å². The number of aliphatic carboxylic acids is 1. The van der Waals surface area contributed by atoms with Crippen molar-refractivity contribution in [2.45, 2.75) is 39.7 Å². The number of tetrazole rings is 1. The van der Waals surface area contributed by atoms with Crippen LogP contribution in [-0.4, -0.2) is 50.8 Å². The molecule has 28 heavy (non-hydrogen) atoms. The van der Waals surface area contributed by atoms with Crippen LogP contribution >= 0.6 is 0 Å². The molecule has 0 fully saturated rings. The van der Waals surface area contributed by atoms with Crippen LogP contribution in [-0.2, 0) is 16.0 Å². The lowest BCUT2D eigenvalue weighted by Gasteiger charge is -2.20. The van der Waals surface area contributed by atoms with Crippen molar-refractivity contribution in [3.63, 3.8) is 0 Å². The molecule has 2 rings (SSSR count). The summed E-state index contributed by atoms with van der Waals surface area (Å²) >= 11 is 0. The molecule has 0 aliphatic carbocycles. The van der Waals surface area contributed by atoms with Gasteiger partial charge >= 0.3 is 5.97 Å². The van der Waals surface area contributed by atoms with Crippen molar-refractivity contribution in [2.75, 3.05) is 13.7 Å². The van der Waals surface area contributed by atoms with Crippen LogP contribution in [0.5, 0.6) is 5.75 Å². The van der Waals surface area contributed by atoms with Crippen LogP contribution in [0.15, 0.2) is 24.3 Å². The average molecular weight is 389 g/mol. The molecule has 0 aliphatic heterocycles.